The molecule has 1 aliphatic rings. The number of nitrogens with two attached hydrogens (primary N) is 1. The monoisotopic (exact) mass is 222 g/mol. The van der Waals surface area contributed by atoms with Crippen molar-refractivity contribution >= 4 is 5.95 Å². The number of imidazole rings is 1. The third kappa shape index (κ3) is 2.55. The van der Waals surface area contributed by atoms with Gasteiger partial charge in [0, 0.05) is 38.1 Å². The zero-order valence-electron chi connectivity index (χ0n) is 10.3. The lowest BCUT2D eigenvalue weighted by Crippen LogP contribution is -2.44. The predicted molar refractivity (Wildman–Crippen MR) is 66.5 cm³/mol. The highest BCUT2D eigenvalue weighted by atomic mass is 15.3. The molecule has 16 heavy (non-hydrogen) atoms. The van der Waals surface area contributed by atoms with Crippen LogP contribution in [-0.4, -0.2) is 28.7 Å². The largest absolute Gasteiger partial charge is 0.341 e. The van der Waals surface area contributed by atoms with Gasteiger partial charge in [0.25, 0.3) is 0 Å². The van der Waals surface area contributed by atoms with E-state index in [0.717, 1.165) is 32.0 Å². The van der Waals surface area contributed by atoms with Crippen molar-refractivity contribution < 1.29 is 0 Å². The normalized spacial score (nSPS) is 21.8. The van der Waals surface area contributed by atoms with Crippen LogP contribution in [0.15, 0.2) is 12.4 Å². The topological polar surface area (TPSA) is 47.1 Å². The summed E-state index contributed by atoms with van der Waals surface area (Å²) in [5.41, 5.74) is 6.00. The Morgan fingerprint density at radius 2 is 2.38 bits per heavy atom. The number of hydrogen-bond donors (Lipinski definition) is 1. The molecule has 1 saturated heterocycles. The fraction of sp³-hybridized carbons (Fsp3) is 0.750. The van der Waals surface area contributed by atoms with Gasteiger partial charge in [0.15, 0.2) is 0 Å². The molecule has 0 radical (unpaired) electrons. The molecule has 1 aromatic rings. The summed E-state index contributed by atoms with van der Waals surface area (Å²) < 4.78 is 2.24. The van der Waals surface area contributed by atoms with Gasteiger partial charge >= 0.3 is 0 Å². The van der Waals surface area contributed by atoms with Gasteiger partial charge in [0.2, 0.25) is 5.95 Å². The number of piperidine rings is 1. The molecular formula is C12H22N4. The highest BCUT2D eigenvalue weighted by molar-refractivity contribution is 5.32. The molecule has 4 nitrogen and oxygen atoms in total. The van der Waals surface area contributed by atoms with Crippen molar-refractivity contribution in [2.45, 2.75) is 39.3 Å². The second kappa shape index (κ2) is 4.87. The Kier molecular flexibility index (Phi) is 3.49. The second-order valence-electron chi connectivity index (χ2n) is 5.12. The third-order valence-corrected chi connectivity index (χ3v) is 3.00. The number of anilines is 1. The number of nitrogens with zero attached hydrogens (tertiary/aromatic N) is 3. The lowest BCUT2D eigenvalue weighted by molar-refractivity contribution is 0.475. The molecule has 0 aromatic carbocycles. The molecular weight excluding hydrogens is 200 g/mol. The van der Waals surface area contributed by atoms with Crippen LogP contribution in [0.4, 0.5) is 5.95 Å². The molecule has 0 spiro atoms. The Hall–Kier alpha value is -1.03. The van der Waals surface area contributed by atoms with E-state index < -0.39 is 0 Å². The first kappa shape index (κ1) is 11.5. The summed E-state index contributed by atoms with van der Waals surface area (Å²) in [5.74, 6) is 1.73. The summed E-state index contributed by atoms with van der Waals surface area (Å²) in [5, 5.41) is 0. The van der Waals surface area contributed by atoms with Crippen LogP contribution in [-0.2, 0) is 6.54 Å². The lowest BCUT2D eigenvalue weighted by Gasteiger charge is -2.32. The van der Waals surface area contributed by atoms with Crippen LogP contribution in [0.25, 0.3) is 0 Å². The van der Waals surface area contributed by atoms with Gasteiger partial charge in [0.05, 0.1) is 0 Å². The molecule has 0 unspecified atom stereocenters. The molecule has 0 bridgehead atoms. The van der Waals surface area contributed by atoms with Gasteiger partial charge in [-0.15, -0.1) is 0 Å². The maximum absolute atomic E-state index is 6.00. The maximum atomic E-state index is 6.00. The zero-order valence-corrected chi connectivity index (χ0v) is 10.3. The standard InChI is InChI=1S/C12H22N4/c1-10(2)8-16-7-5-14-12(16)15-6-3-4-11(13)9-15/h5,7,10-11H,3-4,6,8-9,13H2,1-2H3/t11-/m1/s1. The fourth-order valence-corrected chi connectivity index (χ4v) is 2.31. The van der Waals surface area contributed by atoms with Gasteiger partial charge < -0.3 is 15.2 Å². The molecule has 2 rings (SSSR count). The summed E-state index contributed by atoms with van der Waals surface area (Å²) in [7, 11) is 0. The first-order valence-electron chi connectivity index (χ1n) is 6.18. The van der Waals surface area contributed by atoms with Crippen molar-refractivity contribution in [3.63, 3.8) is 0 Å². The summed E-state index contributed by atoms with van der Waals surface area (Å²) in [4.78, 5) is 6.78. The van der Waals surface area contributed by atoms with E-state index >= 15 is 0 Å². The molecule has 1 aromatic heterocycles. The van der Waals surface area contributed by atoms with E-state index in [2.05, 4.69) is 34.5 Å². The van der Waals surface area contributed by atoms with Gasteiger partial charge in [-0.3, -0.25) is 0 Å². The Morgan fingerprint density at radius 3 is 3.06 bits per heavy atom. The molecule has 2 N–H and O–H groups in total. The molecule has 1 aliphatic heterocycles. The van der Waals surface area contributed by atoms with Crippen LogP contribution >= 0.6 is 0 Å². The molecule has 0 amide bonds. The first-order chi connectivity index (χ1) is 7.66. The van der Waals surface area contributed by atoms with E-state index in [4.69, 9.17) is 5.73 Å². The summed E-state index contributed by atoms with van der Waals surface area (Å²) in [6, 6.07) is 0.304. The van der Waals surface area contributed by atoms with Gasteiger partial charge in [-0.25, -0.2) is 4.98 Å². The van der Waals surface area contributed by atoms with Crippen LogP contribution in [0.2, 0.25) is 0 Å². The Labute approximate surface area is 97.4 Å². The molecule has 2 heterocycles. The van der Waals surface area contributed by atoms with Gasteiger partial charge in [-0.1, -0.05) is 13.8 Å². The molecule has 0 aliphatic carbocycles. The minimum absolute atomic E-state index is 0.304. The maximum Gasteiger partial charge on any atom is 0.205 e. The second-order valence-corrected chi connectivity index (χ2v) is 5.12. The van der Waals surface area contributed by atoms with Gasteiger partial charge in [-0.2, -0.15) is 0 Å². The van der Waals surface area contributed by atoms with Crippen LogP contribution in [0.5, 0.6) is 0 Å². The molecule has 1 fully saturated rings. The minimum Gasteiger partial charge on any atom is -0.341 e. The lowest BCUT2D eigenvalue weighted by atomic mass is 10.1. The zero-order chi connectivity index (χ0) is 11.5. The van der Waals surface area contributed by atoms with Crippen LogP contribution < -0.4 is 10.6 Å². The van der Waals surface area contributed by atoms with E-state index in [1.807, 2.05) is 6.20 Å². The summed E-state index contributed by atoms with van der Waals surface area (Å²) >= 11 is 0. The molecule has 0 saturated carbocycles. The van der Waals surface area contributed by atoms with Crippen molar-refractivity contribution in [2.75, 3.05) is 18.0 Å². The van der Waals surface area contributed by atoms with E-state index in [-0.39, 0.29) is 0 Å². The van der Waals surface area contributed by atoms with Gasteiger partial charge in [-0.05, 0) is 18.8 Å². The number of rotatable bonds is 3. The summed E-state index contributed by atoms with van der Waals surface area (Å²) in [6.45, 7) is 7.51. The molecule has 4 heteroatoms. The van der Waals surface area contributed by atoms with Crippen molar-refractivity contribution in [3.05, 3.63) is 12.4 Å². The van der Waals surface area contributed by atoms with Crippen LogP contribution in [0.3, 0.4) is 0 Å². The van der Waals surface area contributed by atoms with E-state index in [0.29, 0.717) is 12.0 Å². The van der Waals surface area contributed by atoms with E-state index in [1.165, 1.54) is 6.42 Å². The SMILES string of the molecule is CC(C)Cn1ccnc1N1CCC[C@@H](N)C1. The van der Waals surface area contributed by atoms with Crippen LogP contribution in [0, 0.1) is 5.92 Å². The first-order valence-corrected chi connectivity index (χ1v) is 6.18. The highest BCUT2D eigenvalue weighted by Crippen LogP contribution is 2.18. The Bertz CT molecular complexity index is 332. The molecule has 1 atom stereocenters. The quantitative estimate of drug-likeness (QED) is 0.842. The minimum atomic E-state index is 0.304. The average Bonchev–Trinajstić information content (AvgIpc) is 2.65. The smallest absolute Gasteiger partial charge is 0.205 e. The van der Waals surface area contributed by atoms with Crippen molar-refractivity contribution in [3.8, 4) is 0 Å². The predicted octanol–water partition coefficient (Wildman–Crippen LogP) is 1.47. The fourth-order valence-electron chi connectivity index (χ4n) is 2.31. The van der Waals surface area contributed by atoms with Crippen LogP contribution in [0.1, 0.15) is 26.7 Å². The van der Waals surface area contributed by atoms with E-state index in [9.17, 15) is 0 Å². The van der Waals surface area contributed by atoms with Crippen molar-refractivity contribution in [1.29, 1.82) is 0 Å². The highest BCUT2D eigenvalue weighted by Gasteiger charge is 2.20. The molecule has 90 valence electrons. The average molecular weight is 222 g/mol. The Morgan fingerprint density at radius 1 is 1.56 bits per heavy atom. The summed E-state index contributed by atoms with van der Waals surface area (Å²) in [6.07, 6.45) is 6.27. The number of aromatic nitrogens is 2. The third-order valence-electron chi connectivity index (χ3n) is 3.00. The van der Waals surface area contributed by atoms with Crippen molar-refractivity contribution in [2.24, 2.45) is 11.7 Å². The van der Waals surface area contributed by atoms with Gasteiger partial charge in [0.1, 0.15) is 0 Å². The van der Waals surface area contributed by atoms with E-state index in [1.54, 1.807) is 0 Å². The number of hydrogen-bond acceptors (Lipinski definition) is 3. The Balaban J connectivity index is 2.10. The van der Waals surface area contributed by atoms with Crippen molar-refractivity contribution in [1.82, 2.24) is 9.55 Å².